The summed E-state index contributed by atoms with van der Waals surface area (Å²) in [5.74, 6) is -0.186. The minimum absolute atomic E-state index is 0.186. The molecular formula is C16H18N2O3S2. The van der Waals surface area contributed by atoms with Crippen LogP contribution in [0.1, 0.15) is 12.8 Å². The van der Waals surface area contributed by atoms with E-state index in [-0.39, 0.29) is 5.91 Å². The van der Waals surface area contributed by atoms with Gasteiger partial charge in [0.15, 0.2) is 0 Å². The van der Waals surface area contributed by atoms with Crippen molar-refractivity contribution in [3.63, 3.8) is 0 Å². The highest BCUT2D eigenvalue weighted by Crippen LogP contribution is 2.30. The summed E-state index contributed by atoms with van der Waals surface area (Å²) in [6.45, 7) is 0.388. The quantitative estimate of drug-likeness (QED) is 0.851. The Labute approximate surface area is 140 Å². The average molecular weight is 350 g/mol. The number of sulfonamides is 1. The number of anilines is 1. The Morgan fingerprint density at radius 1 is 1.22 bits per heavy atom. The number of nitrogens with zero attached hydrogens (tertiary/aromatic N) is 2. The summed E-state index contributed by atoms with van der Waals surface area (Å²) in [6.07, 6.45) is 1.25. The van der Waals surface area contributed by atoms with E-state index in [0.29, 0.717) is 23.6 Å². The first kappa shape index (κ1) is 16.2. The van der Waals surface area contributed by atoms with Crippen LogP contribution in [0.2, 0.25) is 0 Å². The summed E-state index contributed by atoms with van der Waals surface area (Å²) < 4.78 is 27.1. The lowest BCUT2D eigenvalue weighted by Gasteiger charge is -2.27. The molecule has 0 spiro atoms. The van der Waals surface area contributed by atoms with Crippen LogP contribution in [-0.2, 0) is 14.8 Å². The molecule has 1 unspecified atom stereocenters. The molecule has 2 aromatic rings. The maximum absolute atomic E-state index is 12.8. The predicted molar refractivity (Wildman–Crippen MR) is 91.1 cm³/mol. The molecule has 1 atom stereocenters. The molecule has 0 aliphatic carbocycles. The number of carbonyl (C=O) groups excluding carboxylic acids is 1. The Balaban J connectivity index is 1.86. The third kappa shape index (κ3) is 3.04. The first-order valence-electron chi connectivity index (χ1n) is 7.40. The van der Waals surface area contributed by atoms with E-state index in [0.717, 1.165) is 5.69 Å². The fourth-order valence-electron chi connectivity index (χ4n) is 2.80. The normalized spacial score (nSPS) is 18.9. The second-order valence-electron chi connectivity index (χ2n) is 5.44. The third-order valence-corrected chi connectivity index (χ3v) is 7.30. The van der Waals surface area contributed by atoms with E-state index in [9.17, 15) is 13.2 Å². The van der Waals surface area contributed by atoms with Gasteiger partial charge in [0, 0.05) is 19.3 Å². The minimum Gasteiger partial charge on any atom is -0.314 e. The van der Waals surface area contributed by atoms with E-state index >= 15 is 0 Å². The highest BCUT2D eigenvalue weighted by molar-refractivity contribution is 7.91. The number of thiophene rings is 1. The van der Waals surface area contributed by atoms with Crippen LogP contribution in [0.3, 0.4) is 0 Å². The molecule has 0 saturated carbocycles. The molecule has 0 N–H and O–H groups in total. The Hall–Kier alpha value is -1.70. The number of hydrogen-bond donors (Lipinski definition) is 0. The Kier molecular flexibility index (Phi) is 4.52. The van der Waals surface area contributed by atoms with Crippen LogP contribution in [0.15, 0.2) is 52.1 Å². The molecule has 1 amide bonds. The van der Waals surface area contributed by atoms with Gasteiger partial charge in [-0.15, -0.1) is 11.3 Å². The van der Waals surface area contributed by atoms with E-state index in [1.807, 2.05) is 30.3 Å². The van der Waals surface area contributed by atoms with Crippen LogP contribution in [0.25, 0.3) is 0 Å². The zero-order valence-corrected chi connectivity index (χ0v) is 14.4. The second kappa shape index (κ2) is 6.43. The topological polar surface area (TPSA) is 57.7 Å². The van der Waals surface area contributed by atoms with Crippen LogP contribution in [-0.4, -0.2) is 38.3 Å². The first-order chi connectivity index (χ1) is 11.0. The molecule has 0 radical (unpaired) electrons. The SMILES string of the molecule is CN(C(=O)C1CCCN1S(=O)(=O)c1cccs1)c1ccccc1. The molecule has 1 fully saturated rings. The van der Waals surface area contributed by atoms with Gasteiger partial charge in [0.1, 0.15) is 10.3 Å². The molecule has 1 aliphatic heterocycles. The molecule has 3 rings (SSSR count). The van der Waals surface area contributed by atoms with Gasteiger partial charge in [-0.2, -0.15) is 4.31 Å². The predicted octanol–water partition coefficient (Wildman–Crippen LogP) is 2.56. The lowest BCUT2D eigenvalue weighted by atomic mass is 10.2. The lowest BCUT2D eigenvalue weighted by molar-refractivity contribution is -0.121. The van der Waals surface area contributed by atoms with E-state index in [4.69, 9.17) is 0 Å². The van der Waals surface area contributed by atoms with Gasteiger partial charge >= 0.3 is 0 Å². The van der Waals surface area contributed by atoms with Crippen LogP contribution in [0.5, 0.6) is 0 Å². The Morgan fingerprint density at radius 2 is 1.96 bits per heavy atom. The van der Waals surface area contributed by atoms with Gasteiger partial charge in [-0.05, 0) is 36.4 Å². The highest BCUT2D eigenvalue weighted by Gasteiger charge is 2.41. The second-order valence-corrected chi connectivity index (χ2v) is 8.50. The molecule has 1 saturated heterocycles. The maximum atomic E-state index is 12.8. The van der Waals surface area contributed by atoms with Crippen LogP contribution in [0, 0.1) is 0 Å². The molecule has 122 valence electrons. The van der Waals surface area contributed by atoms with Crippen LogP contribution < -0.4 is 4.90 Å². The standard InChI is InChI=1S/C16H18N2O3S2/c1-17(13-7-3-2-4-8-13)16(19)14-9-5-11-18(14)23(20,21)15-10-6-12-22-15/h2-4,6-8,10,12,14H,5,9,11H2,1H3. The Morgan fingerprint density at radius 3 is 2.61 bits per heavy atom. The summed E-state index contributed by atoms with van der Waals surface area (Å²) in [4.78, 5) is 14.3. The van der Waals surface area contributed by atoms with Gasteiger partial charge in [-0.1, -0.05) is 24.3 Å². The van der Waals surface area contributed by atoms with E-state index in [1.54, 1.807) is 24.6 Å². The fourth-order valence-corrected chi connectivity index (χ4v) is 5.57. The average Bonchev–Trinajstić information content (AvgIpc) is 3.25. The van der Waals surface area contributed by atoms with Crippen molar-refractivity contribution in [2.24, 2.45) is 0 Å². The number of para-hydroxylation sites is 1. The number of hydrogen-bond acceptors (Lipinski definition) is 4. The first-order valence-corrected chi connectivity index (χ1v) is 9.72. The molecule has 1 aliphatic rings. The van der Waals surface area contributed by atoms with E-state index in [2.05, 4.69) is 0 Å². The fraction of sp³-hybridized carbons (Fsp3) is 0.312. The smallest absolute Gasteiger partial charge is 0.253 e. The molecule has 2 heterocycles. The van der Waals surface area contributed by atoms with Crippen molar-refractivity contribution in [3.05, 3.63) is 47.8 Å². The number of carbonyl (C=O) groups is 1. The molecule has 7 heteroatoms. The zero-order valence-electron chi connectivity index (χ0n) is 12.8. The number of amides is 1. The van der Waals surface area contributed by atoms with E-state index < -0.39 is 16.1 Å². The van der Waals surface area contributed by atoms with Crippen LogP contribution in [0.4, 0.5) is 5.69 Å². The molecule has 23 heavy (non-hydrogen) atoms. The largest absolute Gasteiger partial charge is 0.314 e. The maximum Gasteiger partial charge on any atom is 0.253 e. The highest BCUT2D eigenvalue weighted by atomic mass is 32.2. The molecule has 1 aromatic heterocycles. The summed E-state index contributed by atoms with van der Waals surface area (Å²) in [7, 11) is -1.91. The minimum atomic E-state index is -3.60. The van der Waals surface area contributed by atoms with Gasteiger partial charge in [0.2, 0.25) is 5.91 Å². The number of rotatable bonds is 4. The van der Waals surface area contributed by atoms with Gasteiger partial charge in [0.25, 0.3) is 10.0 Å². The summed E-state index contributed by atoms with van der Waals surface area (Å²) in [5, 5.41) is 1.73. The van der Waals surface area contributed by atoms with E-state index in [1.165, 1.54) is 20.5 Å². The monoisotopic (exact) mass is 350 g/mol. The van der Waals surface area contributed by atoms with Crippen molar-refractivity contribution in [2.45, 2.75) is 23.1 Å². The van der Waals surface area contributed by atoms with Gasteiger partial charge < -0.3 is 4.90 Å². The molecule has 1 aromatic carbocycles. The van der Waals surface area contributed by atoms with Crippen molar-refractivity contribution < 1.29 is 13.2 Å². The molecular weight excluding hydrogens is 332 g/mol. The van der Waals surface area contributed by atoms with Gasteiger partial charge in [0.05, 0.1) is 0 Å². The lowest BCUT2D eigenvalue weighted by Crippen LogP contribution is -2.46. The summed E-state index contributed by atoms with van der Waals surface area (Å²) >= 11 is 1.18. The van der Waals surface area contributed by atoms with Crippen LogP contribution >= 0.6 is 11.3 Å². The molecule has 5 nitrogen and oxygen atoms in total. The van der Waals surface area contributed by atoms with Crippen molar-refractivity contribution >= 4 is 33.0 Å². The van der Waals surface area contributed by atoms with Crippen molar-refractivity contribution in [3.8, 4) is 0 Å². The third-order valence-electron chi connectivity index (χ3n) is 4.02. The van der Waals surface area contributed by atoms with Crippen molar-refractivity contribution in [2.75, 3.05) is 18.5 Å². The van der Waals surface area contributed by atoms with Crippen molar-refractivity contribution in [1.82, 2.24) is 4.31 Å². The number of likely N-dealkylation sites (N-methyl/N-ethyl adjacent to an activating group) is 1. The molecule has 0 bridgehead atoms. The van der Waals surface area contributed by atoms with Crippen molar-refractivity contribution in [1.29, 1.82) is 0 Å². The Bertz CT molecular complexity index is 773. The summed E-state index contributed by atoms with van der Waals surface area (Å²) in [5.41, 5.74) is 0.762. The summed E-state index contributed by atoms with van der Waals surface area (Å²) in [6, 6.07) is 11.9. The zero-order chi connectivity index (χ0) is 16.4. The number of benzene rings is 1. The van der Waals surface area contributed by atoms with Gasteiger partial charge in [-0.3, -0.25) is 4.79 Å². The van der Waals surface area contributed by atoms with Gasteiger partial charge in [-0.25, -0.2) is 8.42 Å².